The lowest BCUT2D eigenvalue weighted by molar-refractivity contribution is -0.138. The Bertz CT molecular complexity index is 1130. The number of nitrogens with zero attached hydrogens (tertiary/aromatic N) is 1. The first-order valence-corrected chi connectivity index (χ1v) is 10.9. The van der Waals surface area contributed by atoms with Crippen molar-refractivity contribution in [3.8, 4) is 0 Å². The zero-order chi connectivity index (χ0) is 23.1. The lowest BCUT2D eigenvalue weighted by atomic mass is 9.87. The summed E-state index contributed by atoms with van der Waals surface area (Å²) in [7, 11) is -2.59. The van der Waals surface area contributed by atoms with Crippen LogP contribution >= 0.6 is 0 Å². The Morgan fingerprint density at radius 1 is 1.13 bits per heavy atom. The molecule has 0 radical (unpaired) electrons. The van der Waals surface area contributed by atoms with Crippen LogP contribution in [0.2, 0.25) is 0 Å². The average Bonchev–Trinajstić information content (AvgIpc) is 2.95. The molecule has 166 valence electrons. The Hall–Kier alpha value is -2.95. The number of nitrogens with one attached hydrogen (secondary N) is 1. The third-order valence-electron chi connectivity index (χ3n) is 5.06. The number of anilines is 1. The Labute approximate surface area is 175 Å². The maximum Gasteiger partial charge on any atom is 0.416 e. The van der Waals surface area contributed by atoms with Gasteiger partial charge in [0.25, 0.3) is 0 Å². The Morgan fingerprint density at radius 2 is 1.74 bits per heavy atom. The summed E-state index contributed by atoms with van der Waals surface area (Å²) in [5, 5.41) is 2.30. The predicted octanol–water partition coefficient (Wildman–Crippen LogP) is 3.06. The maximum atomic E-state index is 14.1. The predicted molar refractivity (Wildman–Crippen MR) is 103 cm³/mol. The monoisotopic (exact) mass is 458 g/mol. The second-order valence-corrected chi connectivity index (χ2v) is 9.25. The molecule has 2 aromatic rings. The molecular weight excluding hydrogens is 440 g/mol. The second-order valence-electron chi connectivity index (χ2n) is 7.30. The Kier molecular flexibility index (Phi) is 5.83. The molecule has 11 heteroatoms. The molecule has 0 aromatic heterocycles. The van der Waals surface area contributed by atoms with E-state index in [-0.39, 0.29) is 12.2 Å². The number of hydrogen-bond acceptors (Lipinski definition) is 4. The van der Waals surface area contributed by atoms with Crippen LogP contribution in [-0.2, 0) is 25.6 Å². The number of rotatable bonds is 4. The topological polar surface area (TPSA) is 83.6 Å². The number of amides is 2. The zero-order valence-electron chi connectivity index (χ0n) is 16.4. The number of carbonyl (C=O) groups is 2. The lowest BCUT2D eigenvalue weighted by Gasteiger charge is -2.18. The maximum absolute atomic E-state index is 14.1. The second kappa shape index (κ2) is 7.95. The summed E-state index contributed by atoms with van der Waals surface area (Å²) < 4.78 is 76.4. The molecule has 1 fully saturated rings. The van der Waals surface area contributed by atoms with Gasteiger partial charge in [0, 0.05) is 25.8 Å². The highest BCUT2D eigenvalue weighted by atomic mass is 32.2. The number of likely N-dealkylation sites (tertiary alicyclic amines) is 1. The Balaban J connectivity index is 1.94. The van der Waals surface area contributed by atoms with Gasteiger partial charge >= 0.3 is 6.18 Å². The third-order valence-corrected chi connectivity index (χ3v) is 6.22. The van der Waals surface area contributed by atoms with Gasteiger partial charge in [0.05, 0.1) is 11.3 Å². The van der Waals surface area contributed by atoms with E-state index in [0.29, 0.717) is 5.56 Å². The first-order valence-electron chi connectivity index (χ1n) is 9.02. The quantitative estimate of drug-likeness (QED) is 0.564. The van der Waals surface area contributed by atoms with Gasteiger partial charge in [0.1, 0.15) is 16.6 Å². The van der Waals surface area contributed by atoms with E-state index in [1.165, 1.54) is 36.2 Å². The Morgan fingerprint density at radius 3 is 2.29 bits per heavy atom. The molecule has 0 unspecified atom stereocenters. The fourth-order valence-electron chi connectivity index (χ4n) is 3.61. The van der Waals surface area contributed by atoms with E-state index < -0.39 is 55.9 Å². The summed E-state index contributed by atoms with van der Waals surface area (Å²) in [6.07, 6.45) is -3.75. The van der Waals surface area contributed by atoms with Gasteiger partial charge in [-0.3, -0.25) is 9.59 Å². The molecule has 1 aliphatic rings. The van der Waals surface area contributed by atoms with E-state index in [1.54, 1.807) is 0 Å². The molecular formula is C20H18F4N2O4S. The van der Waals surface area contributed by atoms with Crippen molar-refractivity contribution in [3.05, 3.63) is 59.4 Å². The van der Waals surface area contributed by atoms with E-state index in [1.807, 2.05) is 0 Å². The number of carbonyl (C=O) groups excluding carboxylic acids is 2. The summed E-state index contributed by atoms with van der Waals surface area (Å²) in [5.41, 5.74) is -0.845. The van der Waals surface area contributed by atoms with Crippen molar-refractivity contribution in [1.29, 1.82) is 0 Å². The van der Waals surface area contributed by atoms with Gasteiger partial charge in [-0.25, -0.2) is 12.8 Å². The number of likely N-dealkylation sites (N-methyl/N-ethyl adjacent to an activating group) is 1. The molecule has 0 aliphatic carbocycles. The molecule has 1 N–H and O–H groups in total. The smallest absolute Gasteiger partial charge is 0.344 e. The van der Waals surface area contributed by atoms with Crippen molar-refractivity contribution in [3.63, 3.8) is 0 Å². The van der Waals surface area contributed by atoms with Gasteiger partial charge in [0.15, 0.2) is 9.84 Å². The minimum atomic E-state index is -4.53. The first-order chi connectivity index (χ1) is 14.3. The number of sulfone groups is 1. The summed E-state index contributed by atoms with van der Waals surface area (Å²) in [6.45, 7) is 0.0738. The molecule has 0 bridgehead atoms. The molecule has 2 aromatic carbocycles. The van der Waals surface area contributed by atoms with E-state index in [2.05, 4.69) is 5.32 Å². The fourth-order valence-corrected chi connectivity index (χ4v) is 4.55. The van der Waals surface area contributed by atoms with Crippen LogP contribution in [0.4, 0.5) is 23.2 Å². The summed E-state index contributed by atoms with van der Waals surface area (Å²) in [6, 6.07) is 7.44. The van der Waals surface area contributed by atoms with Crippen molar-refractivity contribution in [2.24, 2.45) is 5.92 Å². The average molecular weight is 458 g/mol. The standard InChI is InChI=1S/C20H18F4N2O4S/c1-26-10-13(11-6-8-12(9-7-11)20(22,23)24)16(19(26)28)18(27)25-15-5-3-4-14(21)17(15)31(2,29)30/h3-9,13,16H,10H2,1-2H3,(H,25,27)/t13-,16+/m1/s1. The van der Waals surface area contributed by atoms with Crippen molar-refractivity contribution in [2.45, 2.75) is 17.0 Å². The van der Waals surface area contributed by atoms with Crippen LogP contribution in [0.15, 0.2) is 47.4 Å². The third kappa shape index (κ3) is 4.55. The van der Waals surface area contributed by atoms with Crippen LogP contribution in [-0.4, -0.2) is 45.0 Å². The van der Waals surface area contributed by atoms with Gasteiger partial charge in [-0.2, -0.15) is 13.2 Å². The van der Waals surface area contributed by atoms with Crippen molar-refractivity contribution >= 4 is 27.3 Å². The molecule has 6 nitrogen and oxygen atoms in total. The van der Waals surface area contributed by atoms with E-state index >= 15 is 0 Å². The molecule has 1 heterocycles. The minimum absolute atomic E-state index is 0.0738. The number of benzene rings is 2. The van der Waals surface area contributed by atoms with Gasteiger partial charge in [-0.15, -0.1) is 0 Å². The van der Waals surface area contributed by atoms with Gasteiger partial charge in [0.2, 0.25) is 11.8 Å². The normalized spacial score (nSPS) is 19.5. The lowest BCUT2D eigenvalue weighted by Crippen LogP contribution is -2.33. The van der Waals surface area contributed by atoms with Crippen molar-refractivity contribution in [2.75, 3.05) is 25.2 Å². The largest absolute Gasteiger partial charge is 0.416 e. The van der Waals surface area contributed by atoms with Crippen LogP contribution in [0.1, 0.15) is 17.0 Å². The summed E-state index contributed by atoms with van der Waals surface area (Å²) in [5.74, 6) is -4.61. The highest BCUT2D eigenvalue weighted by Crippen LogP contribution is 2.36. The molecule has 1 aliphatic heterocycles. The fraction of sp³-hybridized carbons (Fsp3) is 0.300. The van der Waals surface area contributed by atoms with Gasteiger partial charge < -0.3 is 10.2 Å². The van der Waals surface area contributed by atoms with Crippen LogP contribution in [0.3, 0.4) is 0 Å². The SMILES string of the molecule is CN1C[C@H](c2ccc(C(F)(F)F)cc2)[C@@H](C(=O)Nc2cccc(F)c2S(C)(=O)=O)C1=O. The van der Waals surface area contributed by atoms with Crippen LogP contribution in [0.5, 0.6) is 0 Å². The molecule has 2 amide bonds. The molecule has 1 saturated heterocycles. The number of alkyl halides is 3. The van der Waals surface area contributed by atoms with Crippen molar-refractivity contribution < 1.29 is 35.6 Å². The number of hydrogen-bond donors (Lipinski definition) is 1. The van der Waals surface area contributed by atoms with E-state index in [4.69, 9.17) is 0 Å². The molecule has 2 atom stereocenters. The summed E-state index contributed by atoms with van der Waals surface area (Å²) in [4.78, 5) is 26.0. The zero-order valence-corrected chi connectivity index (χ0v) is 17.2. The minimum Gasteiger partial charge on any atom is -0.344 e. The summed E-state index contributed by atoms with van der Waals surface area (Å²) >= 11 is 0. The highest BCUT2D eigenvalue weighted by molar-refractivity contribution is 7.90. The molecule has 0 saturated carbocycles. The van der Waals surface area contributed by atoms with Gasteiger partial charge in [-0.05, 0) is 29.8 Å². The molecule has 3 rings (SSSR count). The molecule has 0 spiro atoms. The van der Waals surface area contributed by atoms with Crippen LogP contribution in [0.25, 0.3) is 0 Å². The van der Waals surface area contributed by atoms with E-state index in [0.717, 1.165) is 24.5 Å². The van der Waals surface area contributed by atoms with E-state index in [9.17, 15) is 35.6 Å². The van der Waals surface area contributed by atoms with Crippen molar-refractivity contribution in [1.82, 2.24) is 4.90 Å². The van der Waals surface area contributed by atoms with Crippen LogP contribution in [0, 0.1) is 11.7 Å². The molecule has 31 heavy (non-hydrogen) atoms. The first kappa shape index (κ1) is 22.7. The number of halogens is 4. The van der Waals surface area contributed by atoms with Gasteiger partial charge in [-0.1, -0.05) is 18.2 Å². The van der Waals surface area contributed by atoms with Crippen LogP contribution < -0.4 is 5.32 Å². The highest BCUT2D eigenvalue weighted by Gasteiger charge is 2.44.